The molecule has 0 saturated carbocycles. The number of aliphatic hydroxyl groups excluding tert-OH is 1. The summed E-state index contributed by atoms with van der Waals surface area (Å²) in [4.78, 5) is 22.7. The minimum absolute atomic E-state index is 0.0928. The van der Waals surface area contributed by atoms with Gasteiger partial charge in [0.15, 0.2) is 12.4 Å². The Morgan fingerprint density at radius 2 is 2.05 bits per heavy atom. The monoisotopic (exact) mass is 601 g/mol. The Morgan fingerprint density at radius 3 is 2.78 bits per heavy atom. The van der Waals surface area contributed by atoms with E-state index in [0.717, 1.165) is 24.5 Å². The Balaban J connectivity index is 1.57. The number of rotatable bonds is 11. The van der Waals surface area contributed by atoms with Crippen LogP contribution in [-0.2, 0) is 9.53 Å². The van der Waals surface area contributed by atoms with Gasteiger partial charge in [-0.25, -0.2) is 18.7 Å². The lowest BCUT2D eigenvalue weighted by atomic mass is 10.1. The highest BCUT2D eigenvalue weighted by atomic mass is 35.5. The van der Waals surface area contributed by atoms with Gasteiger partial charge in [0.25, 0.3) is 5.91 Å². The van der Waals surface area contributed by atoms with Gasteiger partial charge in [-0.2, -0.15) is 13.2 Å². The van der Waals surface area contributed by atoms with E-state index < -0.39 is 36.1 Å². The number of hydrogen-bond acceptors (Lipinski definition) is 8. The van der Waals surface area contributed by atoms with Crippen LogP contribution in [0.5, 0.6) is 5.75 Å². The molecule has 2 heterocycles. The van der Waals surface area contributed by atoms with Crippen LogP contribution < -0.4 is 15.4 Å². The first-order valence-electron chi connectivity index (χ1n) is 12.3. The first-order valence-corrected chi connectivity index (χ1v) is 12.7. The van der Waals surface area contributed by atoms with Gasteiger partial charge in [0.05, 0.1) is 35.5 Å². The Bertz CT molecular complexity index is 1430. The van der Waals surface area contributed by atoms with Crippen LogP contribution in [0.4, 0.5) is 39.1 Å². The number of aliphatic hydroxyl groups is 1. The van der Waals surface area contributed by atoms with Crippen LogP contribution in [0.3, 0.4) is 0 Å². The molecular formula is C26H25ClF5N5O4. The number of alkyl halides is 3. The van der Waals surface area contributed by atoms with E-state index in [1.165, 1.54) is 18.2 Å². The predicted molar refractivity (Wildman–Crippen MR) is 141 cm³/mol. The molecule has 41 heavy (non-hydrogen) atoms. The van der Waals surface area contributed by atoms with E-state index in [2.05, 4.69) is 20.6 Å². The Hall–Kier alpha value is -3.59. The number of amides is 1. The maximum Gasteiger partial charge on any atom is 0.422 e. The Kier molecular flexibility index (Phi) is 9.91. The van der Waals surface area contributed by atoms with Crippen LogP contribution in [0.1, 0.15) is 6.42 Å². The lowest BCUT2D eigenvalue weighted by Gasteiger charge is -2.16. The van der Waals surface area contributed by atoms with Crippen molar-refractivity contribution in [3.05, 3.63) is 59.4 Å². The van der Waals surface area contributed by atoms with Crippen LogP contribution in [0, 0.1) is 5.82 Å². The van der Waals surface area contributed by atoms with Crippen molar-refractivity contribution in [3.8, 4) is 5.75 Å². The van der Waals surface area contributed by atoms with E-state index in [0.29, 0.717) is 25.2 Å². The number of anilines is 3. The van der Waals surface area contributed by atoms with Crippen LogP contribution in [-0.4, -0.2) is 77.6 Å². The van der Waals surface area contributed by atoms with Crippen LogP contribution in [0.25, 0.3) is 10.9 Å². The third-order valence-corrected chi connectivity index (χ3v) is 6.27. The van der Waals surface area contributed by atoms with Crippen LogP contribution in [0.2, 0.25) is 5.02 Å². The van der Waals surface area contributed by atoms with Crippen molar-refractivity contribution in [3.63, 3.8) is 0 Å². The number of ether oxygens (including phenoxy) is 2. The normalized spacial score (nSPS) is 16.3. The summed E-state index contributed by atoms with van der Waals surface area (Å²) in [5, 5.41) is 14.1. The number of benzene rings is 2. The van der Waals surface area contributed by atoms with Crippen molar-refractivity contribution in [1.29, 1.82) is 0 Å². The number of hydrogen-bond donors (Lipinski definition) is 3. The van der Waals surface area contributed by atoms with Crippen molar-refractivity contribution in [2.75, 3.05) is 50.1 Å². The fourth-order valence-corrected chi connectivity index (χ4v) is 4.25. The van der Waals surface area contributed by atoms with E-state index in [4.69, 9.17) is 26.2 Å². The molecule has 1 aliphatic heterocycles. The van der Waals surface area contributed by atoms with Crippen molar-refractivity contribution in [1.82, 2.24) is 14.9 Å². The van der Waals surface area contributed by atoms with Gasteiger partial charge >= 0.3 is 6.18 Å². The summed E-state index contributed by atoms with van der Waals surface area (Å²) in [6.45, 7) is -0.417. The van der Waals surface area contributed by atoms with Gasteiger partial charge in [0.2, 0.25) is 0 Å². The summed E-state index contributed by atoms with van der Waals surface area (Å²) in [6.07, 6.45) is -1.93. The summed E-state index contributed by atoms with van der Waals surface area (Å²) in [5.41, 5.74) is 0.233. The number of likely N-dealkylation sites (tertiary alicyclic amines) is 1. The number of carbonyl (C=O) groups excluding carboxylic acids is 1. The maximum absolute atomic E-state index is 14.8. The molecule has 1 saturated heterocycles. The fourth-order valence-electron chi connectivity index (χ4n) is 4.07. The fraction of sp³-hybridized carbons (Fsp3) is 0.346. The molecule has 3 N–H and O–H groups in total. The molecule has 0 unspecified atom stereocenters. The van der Waals surface area contributed by atoms with E-state index in [9.17, 15) is 26.7 Å². The molecule has 0 aliphatic carbocycles. The summed E-state index contributed by atoms with van der Waals surface area (Å²) < 4.78 is 77.4. The molecule has 0 spiro atoms. The molecule has 220 valence electrons. The molecule has 2 aromatic carbocycles. The molecular weight excluding hydrogens is 577 g/mol. The Morgan fingerprint density at radius 1 is 1.24 bits per heavy atom. The molecule has 0 bridgehead atoms. The quantitative estimate of drug-likeness (QED) is 0.209. The number of halogens is 6. The molecule has 1 aliphatic rings. The Labute approximate surface area is 235 Å². The third kappa shape index (κ3) is 8.45. The standard InChI is InChI=1S/C26H25ClF5N5O4/c27-18-9-15(1-2-19(18)28)35-24-17-10-22(23(41-13-26(30,31)32)11-21(17)33-14-34-24)36-25(39)20(29)4-6-37-5-3-16(12-37)40-8-7-38/h1-2,4,9-11,14,16,38H,3,5-8,12-13H2,(H,36,39)(H,33,34,35)/b20-4-/t16-/m1/s1. The smallest absolute Gasteiger partial charge is 0.422 e. The first-order chi connectivity index (χ1) is 19.5. The highest BCUT2D eigenvalue weighted by Gasteiger charge is 2.29. The van der Waals surface area contributed by atoms with Crippen LogP contribution in [0.15, 0.2) is 48.6 Å². The lowest BCUT2D eigenvalue weighted by Crippen LogP contribution is -2.25. The zero-order valence-corrected chi connectivity index (χ0v) is 22.1. The van der Waals surface area contributed by atoms with Gasteiger partial charge in [-0.05, 0) is 36.8 Å². The van der Waals surface area contributed by atoms with Gasteiger partial charge in [-0.15, -0.1) is 0 Å². The zero-order chi connectivity index (χ0) is 29.6. The van der Waals surface area contributed by atoms with Gasteiger partial charge < -0.3 is 25.2 Å². The topological polar surface area (TPSA) is 109 Å². The second kappa shape index (κ2) is 13.4. The van der Waals surface area contributed by atoms with E-state index in [-0.39, 0.29) is 53.3 Å². The molecule has 3 aromatic rings. The average Bonchev–Trinajstić information content (AvgIpc) is 3.39. The van der Waals surface area contributed by atoms with Crippen molar-refractivity contribution in [2.24, 2.45) is 0 Å². The van der Waals surface area contributed by atoms with Crippen LogP contribution >= 0.6 is 11.6 Å². The highest BCUT2D eigenvalue weighted by Crippen LogP contribution is 2.35. The largest absolute Gasteiger partial charge is 0.482 e. The van der Waals surface area contributed by atoms with Gasteiger partial charge in [0, 0.05) is 36.8 Å². The number of fused-ring (bicyclic) bond motifs is 1. The summed E-state index contributed by atoms with van der Waals surface area (Å²) in [7, 11) is 0. The second-order valence-electron chi connectivity index (χ2n) is 9.02. The first kappa shape index (κ1) is 30.4. The SMILES string of the molecule is O=C(Nc1cc2c(Nc3ccc(F)c(Cl)c3)ncnc2cc1OCC(F)(F)F)/C(F)=C/CN1CC[C@@H](OCCO)C1. The molecule has 9 nitrogen and oxygen atoms in total. The summed E-state index contributed by atoms with van der Waals surface area (Å²) in [6, 6.07) is 6.21. The molecule has 15 heteroatoms. The predicted octanol–water partition coefficient (Wildman–Crippen LogP) is 4.98. The number of carbonyl (C=O) groups is 1. The van der Waals surface area contributed by atoms with Crippen molar-refractivity contribution >= 4 is 45.6 Å². The summed E-state index contributed by atoms with van der Waals surface area (Å²) in [5.74, 6) is -3.25. The minimum atomic E-state index is -4.68. The number of aromatic nitrogens is 2. The summed E-state index contributed by atoms with van der Waals surface area (Å²) >= 11 is 5.83. The van der Waals surface area contributed by atoms with E-state index >= 15 is 0 Å². The molecule has 1 fully saturated rings. The minimum Gasteiger partial charge on any atom is -0.482 e. The van der Waals surface area contributed by atoms with Gasteiger partial charge in [-0.3, -0.25) is 9.69 Å². The third-order valence-electron chi connectivity index (χ3n) is 5.98. The molecule has 0 radical (unpaired) electrons. The van der Waals surface area contributed by atoms with E-state index in [1.807, 2.05) is 4.90 Å². The van der Waals surface area contributed by atoms with Crippen molar-refractivity contribution < 1.29 is 41.3 Å². The molecule has 1 atom stereocenters. The van der Waals surface area contributed by atoms with Gasteiger partial charge in [0.1, 0.15) is 23.7 Å². The number of nitrogens with zero attached hydrogens (tertiary/aromatic N) is 3. The maximum atomic E-state index is 14.8. The number of nitrogens with one attached hydrogen (secondary N) is 2. The lowest BCUT2D eigenvalue weighted by molar-refractivity contribution is -0.153. The molecule has 1 amide bonds. The highest BCUT2D eigenvalue weighted by molar-refractivity contribution is 6.31. The van der Waals surface area contributed by atoms with Gasteiger partial charge in [-0.1, -0.05) is 11.6 Å². The second-order valence-corrected chi connectivity index (χ2v) is 9.42. The van der Waals surface area contributed by atoms with Crippen molar-refractivity contribution in [2.45, 2.75) is 18.7 Å². The van der Waals surface area contributed by atoms with E-state index in [1.54, 1.807) is 0 Å². The molecule has 4 rings (SSSR count). The molecule has 1 aromatic heterocycles. The zero-order valence-electron chi connectivity index (χ0n) is 21.3. The average molecular weight is 602 g/mol.